The van der Waals surface area contributed by atoms with E-state index in [9.17, 15) is 8.42 Å². The van der Waals surface area contributed by atoms with Crippen LogP contribution in [-0.4, -0.2) is 40.9 Å². The van der Waals surface area contributed by atoms with Crippen LogP contribution in [-0.2, 0) is 10.0 Å². The second-order valence-corrected chi connectivity index (χ2v) is 10.5. The third-order valence-corrected chi connectivity index (χ3v) is 8.76. The van der Waals surface area contributed by atoms with Crippen LogP contribution in [0.3, 0.4) is 0 Å². The van der Waals surface area contributed by atoms with Crippen LogP contribution in [0.5, 0.6) is 0 Å². The fourth-order valence-corrected chi connectivity index (χ4v) is 6.61. The molecule has 0 saturated carbocycles. The minimum atomic E-state index is -3.51. The van der Waals surface area contributed by atoms with E-state index in [0.717, 1.165) is 40.3 Å². The lowest BCUT2D eigenvalue weighted by molar-refractivity contribution is 0.315. The maximum atomic E-state index is 13.1. The minimum absolute atomic E-state index is 0.241. The summed E-state index contributed by atoms with van der Waals surface area (Å²) < 4.78 is 33.3. The minimum Gasteiger partial charge on any atom is -0.355 e. The molecule has 5 rings (SSSR count). The Balaban J connectivity index is 1.31. The summed E-state index contributed by atoms with van der Waals surface area (Å²) in [6.07, 6.45) is 1.50. The molecule has 0 aliphatic carbocycles. The molecule has 1 N–H and O–H groups in total. The lowest BCUT2D eigenvalue weighted by atomic mass is 9.97. The second kappa shape index (κ2) is 7.08. The van der Waals surface area contributed by atoms with Crippen molar-refractivity contribution in [1.82, 2.24) is 19.4 Å². The highest BCUT2D eigenvalue weighted by Gasteiger charge is 2.32. The van der Waals surface area contributed by atoms with E-state index in [1.807, 2.05) is 31.2 Å². The van der Waals surface area contributed by atoms with Gasteiger partial charge in [-0.2, -0.15) is 4.31 Å². The molecule has 1 fully saturated rings. The molecule has 0 spiro atoms. The number of aromatic amines is 1. The van der Waals surface area contributed by atoms with Crippen molar-refractivity contribution in [2.75, 3.05) is 13.1 Å². The number of benzene rings is 1. The number of sulfonamides is 1. The number of hydrogen-bond donors (Lipinski definition) is 1. The maximum absolute atomic E-state index is 13.1. The zero-order valence-corrected chi connectivity index (χ0v) is 17.5. The smallest absolute Gasteiger partial charge is 0.252 e. The molecule has 150 valence electrons. The molecule has 4 aromatic rings. The molecule has 3 aromatic heterocycles. The van der Waals surface area contributed by atoms with Gasteiger partial charge in [-0.15, -0.1) is 11.3 Å². The first-order valence-corrected chi connectivity index (χ1v) is 11.7. The SMILES string of the molecule is Cc1cc(-c2ccc(S(=O)(=O)N3CCC(c4nc5ccccc5[nH]4)CC3)s2)on1. The van der Waals surface area contributed by atoms with Gasteiger partial charge >= 0.3 is 0 Å². The van der Waals surface area contributed by atoms with E-state index in [4.69, 9.17) is 4.52 Å². The van der Waals surface area contributed by atoms with Crippen molar-refractivity contribution >= 4 is 32.4 Å². The van der Waals surface area contributed by atoms with Gasteiger partial charge in [0.1, 0.15) is 10.0 Å². The number of thiophene rings is 1. The summed E-state index contributed by atoms with van der Waals surface area (Å²) in [7, 11) is -3.51. The van der Waals surface area contributed by atoms with Gasteiger partial charge in [0.2, 0.25) is 0 Å². The molecular formula is C20H20N4O3S2. The van der Waals surface area contributed by atoms with Crippen molar-refractivity contribution in [2.45, 2.75) is 29.9 Å². The van der Waals surface area contributed by atoms with Gasteiger partial charge in [-0.1, -0.05) is 17.3 Å². The van der Waals surface area contributed by atoms with E-state index in [1.165, 1.54) is 11.3 Å². The molecule has 29 heavy (non-hydrogen) atoms. The van der Waals surface area contributed by atoms with Crippen molar-refractivity contribution in [3.8, 4) is 10.6 Å². The summed E-state index contributed by atoms with van der Waals surface area (Å²) in [5.41, 5.74) is 2.74. The van der Waals surface area contributed by atoms with Gasteiger partial charge in [0, 0.05) is 25.1 Å². The van der Waals surface area contributed by atoms with Gasteiger partial charge in [0.25, 0.3) is 10.0 Å². The molecule has 0 bridgehead atoms. The van der Waals surface area contributed by atoms with Crippen LogP contribution in [0.4, 0.5) is 0 Å². The van der Waals surface area contributed by atoms with E-state index >= 15 is 0 Å². The van der Waals surface area contributed by atoms with Crippen LogP contribution >= 0.6 is 11.3 Å². The second-order valence-electron chi connectivity index (χ2n) is 7.27. The fourth-order valence-electron chi connectivity index (χ4n) is 3.73. The molecule has 9 heteroatoms. The first-order valence-electron chi connectivity index (χ1n) is 9.49. The number of aromatic nitrogens is 3. The Bertz CT molecular complexity index is 1230. The number of imidazole rings is 1. The Morgan fingerprint density at radius 3 is 2.69 bits per heavy atom. The number of H-pyrrole nitrogens is 1. The third kappa shape index (κ3) is 3.39. The monoisotopic (exact) mass is 428 g/mol. The number of rotatable bonds is 4. The number of para-hydroxylation sites is 2. The van der Waals surface area contributed by atoms with Crippen molar-refractivity contribution < 1.29 is 12.9 Å². The zero-order chi connectivity index (χ0) is 20.0. The Hall–Kier alpha value is -2.49. The molecule has 0 amide bonds. The quantitative estimate of drug-likeness (QED) is 0.527. The maximum Gasteiger partial charge on any atom is 0.252 e. The Kier molecular flexibility index (Phi) is 4.53. The van der Waals surface area contributed by atoms with E-state index < -0.39 is 10.0 Å². The van der Waals surface area contributed by atoms with Crippen LogP contribution in [0, 0.1) is 6.92 Å². The average Bonchev–Trinajstić information content (AvgIpc) is 3.47. The number of hydrogen-bond acceptors (Lipinski definition) is 6. The van der Waals surface area contributed by atoms with Crippen LogP contribution < -0.4 is 0 Å². The number of nitrogens with zero attached hydrogens (tertiary/aromatic N) is 3. The fraction of sp³-hybridized carbons (Fsp3) is 0.300. The summed E-state index contributed by atoms with van der Waals surface area (Å²) in [6.45, 7) is 2.81. The molecule has 7 nitrogen and oxygen atoms in total. The summed E-state index contributed by atoms with van der Waals surface area (Å²) in [5.74, 6) is 1.78. The Morgan fingerprint density at radius 2 is 1.97 bits per heavy atom. The number of aryl methyl sites for hydroxylation is 1. The summed E-state index contributed by atoms with van der Waals surface area (Å²) >= 11 is 1.22. The molecule has 1 saturated heterocycles. The van der Waals surface area contributed by atoms with Crippen molar-refractivity contribution in [2.24, 2.45) is 0 Å². The summed E-state index contributed by atoms with van der Waals surface area (Å²) in [4.78, 5) is 8.83. The standard InChI is InChI=1S/C20H20N4O3S2/c1-13-12-17(27-23-13)18-6-7-19(28-18)29(25,26)24-10-8-14(9-11-24)20-21-15-4-2-3-5-16(15)22-20/h2-7,12,14H,8-11H2,1H3,(H,21,22). The van der Waals surface area contributed by atoms with E-state index in [2.05, 4.69) is 15.1 Å². The highest BCUT2D eigenvalue weighted by molar-refractivity contribution is 7.91. The van der Waals surface area contributed by atoms with E-state index in [-0.39, 0.29) is 5.92 Å². The Labute approximate surface area is 172 Å². The van der Waals surface area contributed by atoms with Gasteiger partial charge in [-0.05, 0) is 44.0 Å². The molecule has 0 radical (unpaired) electrons. The van der Waals surface area contributed by atoms with Crippen LogP contribution in [0.1, 0.15) is 30.3 Å². The lowest BCUT2D eigenvalue weighted by Gasteiger charge is -2.29. The predicted octanol–water partition coefficient (Wildman–Crippen LogP) is 4.16. The van der Waals surface area contributed by atoms with Gasteiger partial charge in [-0.3, -0.25) is 0 Å². The highest BCUT2D eigenvalue weighted by Crippen LogP contribution is 2.35. The normalized spacial score (nSPS) is 16.6. The largest absolute Gasteiger partial charge is 0.355 e. The topological polar surface area (TPSA) is 92.1 Å². The van der Waals surface area contributed by atoms with Crippen molar-refractivity contribution in [3.63, 3.8) is 0 Å². The number of nitrogens with one attached hydrogen (secondary N) is 1. The number of piperidine rings is 1. The number of fused-ring (bicyclic) bond motifs is 1. The zero-order valence-electron chi connectivity index (χ0n) is 15.8. The average molecular weight is 429 g/mol. The molecule has 1 aliphatic heterocycles. The van der Waals surface area contributed by atoms with E-state index in [1.54, 1.807) is 22.5 Å². The van der Waals surface area contributed by atoms with Crippen molar-refractivity contribution in [1.29, 1.82) is 0 Å². The third-order valence-electron chi connectivity index (χ3n) is 5.29. The molecule has 0 atom stereocenters. The van der Waals surface area contributed by atoms with Crippen LogP contribution in [0.25, 0.3) is 21.7 Å². The summed E-state index contributed by atoms with van der Waals surface area (Å²) in [5, 5.41) is 3.87. The van der Waals surface area contributed by atoms with Gasteiger partial charge in [0.15, 0.2) is 5.76 Å². The van der Waals surface area contributed by atoms with Gasteiger partial charge in [0.05, 0.1) is 21.6 Å². The van der Waals surface area contributed by atoms with Crippen LogP contribution in [0.2, 0.25) is 0 Å². The molecule has 1 aliphatic rings. The predicted molar refractivity (Wildman–Crippen MR) is 111 cm³/mol. The van der Waals surface area contributed by atoms with Crippen molar-refractivity contribution in [3.05, 3.63) is 54.0 Å². The lowest BCUT2D eigenvalue weighted by Crippen LogP contribution is -2.37. The van der Waals surface area contributed by atoms with Crippen LogP contribution in [0.15, 0.2) is 51.2 Å². The molecule has 1 aromatic carbocycles. The highest BCUT2D eigenvalue weighted by atomic mass is 32.2. The molecular weight excluding hydrogens is 408 g/mol. The molecule has 4 heterocycles. The van der Waals surface area contributed by atoms with Gasteiger partial charge in [-0.25, -0.2) is 13.4 Å². The first-order chi connectivity index (χ1) is 14.0. The summed E-state index contributed by atoms with van der Waals surface area (Å²) in [6, 6.07) is 13.2. The Morgan fingerprint density at radius 1 is 1.17 bits per heavy atom. The first kappa shape index (κ1) is 18.5. The van der Waals surface area contributed by atoms with E-state index in [0.29, 0.717) is 23.1 Å². The molecule has 0 unspecified atom stereocenters. The van der Waals surface area contributed by atoms with Gasteiger partial charge < -0.3 is 9.51 Å².